The number of nitrogens with one attached hydrogen (secondary N) is 1. The fraction of sp³-hybridized carbons (Fsp3) is 0.571. The molecule has 2 heteroatoms. The first-order valence-electron chi connectivity index (χ1n) is 5.98. The summed E-state index contributed by atoms with van der Waals surface area (Å²) in [4.78, 5) is 0. The maximum absolute atomic E-state index is 3.44. The third-order valence-electron chi connectivity index (χ3n) is 2.98. The second kappa shape index (κ2) is 6.60. The molecule has 0 spiro atoms. The zero-order valence-corrected chi connectivity index (χ0v) is 12.8. The fourth-order valence-corrected chi connectivity index (χ4v) is 2.63. The van der Waals surface area contributed by atoms with Crippen LogP contribution in [0.1, 0.15) is 43.9 Å². The highest BCUT2D eigenvalue weighted by Crippen LogP contribution is 2.26. The summed E-state index contributed by atoms with van der Waals surface area (Å²) in [6, 6.07) is 7.08. The van der Waals surface area contributed by atoms with Gasteiger partial charge in [-0.25, -0.2) is 0 Å². The zero-order chi connectivity index (χ0) is 12.1. The first kappa shape index (κ1) is 14.0. The van der Waals surface area contributed by atoms with Crippen LogP contribution >= 0.6 is 22.6 Å². The molecule has 0 saturated carbocycles. The van der Waals surface area contributed by atoms with Crippen LogP contribution in [-0.2, 0) is 0 Å². The highest BCUT2D eigenvalue weighted by Gasteiger charge is 2.13. The molecule has 1 rings (SSSR count). The Morgan fingerprint density at radius 3 is 2.50 bits per heavy atom. The molecule has 0 aromatic heterocycles. The Bertz CT molecular complexity index is 334. The monoisotopic (exact) mass is 331 g/mol. The highest BCUT2D eigenvalue weighted by molar-refractivity contribution is 14.1. The van der Waals surface area contributed by atoms with Crippen molar-refractivity contribution in [3.05, 3.63) is 32.9 Å². The van der Waals surface area contributed by atoms with E-state index in [2.05, 4.69) is 73.9 Å². The van der Waals surface area contributed by atoms with E-state index in [0.717, 1.165) is 5.92 Å². The number of halogens is 1. The van der Waals surface area contributed by atoms with Gasteiger partial charge in [0.15, 0.2) is 0 Å². The predicted molar refractivity (Wildman–Crippen MR) is 79.8 cm³/mol. The van der Waals surface area contributed by atoms with Crippen molar-refractivity contribution in [2.75, 3.05) is 7.05 Å². The molecule has 1 N–H and O–H groups in total. The van der Waals surface area contributed by atoms with E-state index in [9.17, 15) is 0 Å². The summed E-state index contributed by atoms with van der Waals surface area (Å²) in [6.45, 7) is 6.75. The summed E-state index contributed by atoms with van der Waals surface area (Å²) in [6.07, 6.45) is 2.49. The Balaban J connectivity index is 2.82. The molecule has 0 aliphatic carbocycles. The summed E-state index contributed by atoms with van der Waals surface area (Å²) in [5.74, 6) is 0.776. The van der Waals surface area contributed by atoms with Crippen LogP contribution in [0.3, 0.4) is 0 Å². The second-order valence-corrected chi connectivity index (χ2v) is 5.87. The van der Waals surface area contributed by atoms with E-state index in [0.29, 0.717) is 6.04 Å². The van der Waals surface area contributed by atoms with Crippen LogP contribution in [0.2, 0.25) is 0 Å². The highest BCUT2D eigenvalue weighted by atomic mass is 127. The molecule has 0 saturated heterocycles. The normalized spacial score (nSPS) is 13.1. The van der Waals surface area contributed by atoms with E-state index >= 15 is 0 Å². The molecule has 1 nitrogen and oxygen atoms in total. The Morgan fingerprint density at radius 1 is 1.25 bits per heavy atom. The summed E-state index contributed by atoms with van der Waals surface area (Å²) in [7, 11) is 2.06. The van der Waals surface area contributed by atoms with Crippen LogP contribution in [0, 0.1) is 16.4 Å². The van der Waals surface area contributed by atoms with Crippen LogP contribution in [0.25, 0.3) is 0 Å². The van der Waals surface area contributed by atoms with Crippen molar-refractivity contribution < 1.29 is 0 Å². The molecule has 1 unspecified atom stereocenters. The van der Waals surface area contributed by atoms with Crippen LogP contribution in [0.15, 0.2) is 18.2 Å². The third kappa shape index (κ3) is 3.74. The predicted octanol–water partition coefficient (Wildman–Crippen LogP) is 4.30. The van der Waals surface area contributed by atoms with E-state index < -0.39 is 0 Å². The summed E-state index contributed by atoms with van der Waals surface area (Å²) < 4.78 is 1.41. The minimum atomic E-state index is 0.495. The molecule has 0 radical (unpaired) electrons. The van der Waals surface area contributed by atoms with Crippen LogP contribution in [0.5, 0.6) is 0 Å². The van der Waals surface area contributed by atoms with Crippen molar-refractivity contribution in [3.8, 4) is 0 Å². The van der Waals surface area contributed by atoms with Crippen LogP contribution in [-0.4, -0.2) is 7.05 Å². The zero-order valence-electron chi connectivity index (χ0n) is 10.7. The van der Waals surface area contributed by atoms with Gasteiger partial charge in [0.05, 0.1) is 0 Å². The molecule has 0 heterocycles. The molecule has 1 aromatic rings. The van der Waals surface area contributed by atoms with Crippen molar-refractivity contribution in [3.63, 3.8) is 0 Å². The Morgan fingerprint density at radius 2 is 1.94 bits per heavy atom. The molecule has 0 bridgehead atoms. The maximum Gasteiger partial charge on any atom is 0.0328 e. The Labute approximate surface area is 113 Å². The number of aryl methyl sites for hydroxylation is 1. The average molecular weight is 331 g/mol. The summed E-state index contributed by atoms with van der Waals surface area (Å²) in [5.41, 5.74) is 2.83. The van der Waals surface area contributed by atoms with Crippen molar-refractivity contribution >= 4 is 22.6 Å². The maximum atomic E-state index is 3.44. The van der Waals surface area contributed by atoms with Gasteiger partial charge in [-0.05, 0) is 66.4 Å². The number of hydrogen-bond acceptors (Lipinski definition) is 1. The van der Waals surface area contributed by atoms with E-state index in [1.807, 2.05) is 0 Å². The smallest absolute Gasteiger partial charge is 0.0328 e. The Hall–Kier alpha value is -0.0900. The lowest BCUT2D eigenvalue weighted by molar-refractivity contribution is 0.463. The standard InChI is InChI=1S/C14H22IN/c1-10(2)8-9-13(16-4)12-7-5-6-11(3)14(12)15/h5-7,10,13,16H,8-9H2,1-4H3. The minimum absolute atomic E-state index is 0.495. The van der Waals surface area contributed by atoms with Crippen molar-refractivity contribution in [2.45, 2.75) is 39.7 Å². The SMILES string of the molecule is CNC(CCC(C)C)c1cccc(C)c1I. The molecule has 0 aliphatic heterocycles. The number of hydrogen-bond donors (Lipinski definition) is 1. The first-order valence-corrected chi connectivity index (χ1v) is 7.06. The van der Waals surface area contributed by atoms with Crippen LogP contribution in [0.4, 0.5) is 0 Å². The van der Waals surface area contributed by atoms with Gasteiger partial charge >= 0.3 is 0 Å². The molecular weight excluding hydrogens is 309 g/mol. The minimum Gasteiger partial charge on any atom is -0.313 e. The molecule has 1 atom stereocenters. The van der Waals surface area contributed by atoms with E-state index in [-0.39, 0.29) is 0 Å². The molecule has 0 fully saturated rings. The van der Waals surface area contributed by atoms with Gasteiger partial charge < -0.3 is 5.32 Å². The quantitative estimate of drug-likeness (QED) is 0.794. The first-order chi connectivity index (χ1) is 7.56. The number of rotatable bonds is 5. The second-order valence-electron chi connectivity index (χ2n) is 4.79. The topological polar surface area (TPSA) is 12.0 Å². The van der Waals surface area contributed by atoms with Gasteiger partial charge in [0.25, 0.3) is 0 Å². The molecule has 0 amide bonds. The molecule has 90 valence electrons. The van der Waals surface area contributed by atoms with Crippen molar-refractivity contribution in [1.82, 2.24) is 5.32 Å². The summed E-state index contributed by atoms with van der Waals surface area (Å²) >= 11 is 2.46. The fourth-order valence-electron chi connectivity index (χ4n) is 1.89. The van der Waals surface area contributed by atoms with E-state index in [1.165, 1.54) is 27.5 Å². The van der Waals surface area contributed by atoms with Gasteiger partial charge in [-0.2, -0.15) is 0 Å². The van der Waals surface area contributed by atoms with Gasteiger partial charge in [-0.3, -0.25) is 0 Å². The lowest BCUT2D eigenvalue weighted by Crippen LogP contribution is -2.18. The van der Waals surface area contributed by atoms with Gasteiger partial charge in [0.2, 0.25) is 0 Å². The number of benzene rings is 1. The lowest BCUT2D eigenvalue weighted by Gasteiger charge is -2.20. The van der Waals surface area contributed by atoms with Gasteiger partial charge in [0, 0.05) is 9.61 Å². The van der Waals surface area contributed by atoms with Crippen molar-refractivity contribution in [1.29, 1.82) is 0 Å². The van der Waals surface area contributed by atoms with E-state index in [1.54, 1.807) is 0 Å². The van der Waals surface area contributed by atoms with E-state index in [4.69, 9.17) is 0 Å². The van der Waals surface area contributed by atoms with Crippen molar-refractivity contribution in [2.24, 2.45) is 5.92 Å². The average Bonchev–Trinajstić information content (AvgIpc) is 2.24. The van der Waals surface area contributed by atoms with Gasteiger partial charge in [-0.15, -0.1) is 0 Å². The molecule has 16 heavy (non-hydrogen) atoms. The third-order valence-corrected chi connectivity index (χ3v) is 4.45. The van der Waals surface area contributed by atoms with Gasteiger partial charge in [0.1, 0.15) is 0 Å². The van der Waals surface area contributed by atoms with Gasteiger partial charge in [-0.1, -0.05) is 32.0 Å². The lowest BCUT2D eigenvalue weighted by atomic mass is 9.97. The largest absolute Gasteiger partial charge is 0.313 e. The molecule has 1 aromatic carbocycles. The summed E-state index contributed by atoms with van der Waals surface area (Å²) in [5, 5.41) is 3.44. The molecular formula is C14H22IN. The van der Waals surface area contributed by atoms with Crippen LogP contribution < -0.4 is 5.32 Å². The Kier molecular flexibility index (Phi) is 5.76. The molecule has 0 aliphatic rings.